The number of halogens is 3. The maximum absolute atomic E-state index is 13.5. The van der Waals surface area contributed by atoms with Gasteiger partial charge in [0.15, 0.2) is 23.2 Å². The van der Waals surface area contributed by atoms with E-state index >= 15 is 0 Å². The van der Waals surface area contributed by atoms with Crippen molar-refractivity contribution >= 4 is 11.7 Å². The summed E-state index contributed by atoms with van der Waals surface area (Å²) in [4.78, 5) is 23.7. The number of Topliss-reactive ketones (excluding diaryl/α,β-unsaturated/α-hetero) is 1. The highest BCUT2D eigenvalue weighted by atomic mass is 19.2. The van der Waals surface area contributed by atoms with Crippen LogP contribution < -0.4 is 10.1 Å². The summed E-state index contributed by atoms with van der Waals surface area (Å²) in [6.45, 7) is -0.413. The predicted molar refractivity (Wildman–Crippen MR) is 76.0 cm³/mol. The van der Waals surface area contributed by atoms with Crippen molar-refractivity contribution in [1.82, 2.24) is 5.32 Å². The molecule has 2 aromatic carbocycles. The fourth-order valence-corrected chi connectivity index (χ4v) is 1.84. The Balaban J connectivity index is 2.03. The molecule has 0 aromatic heterocycles. The van der Waals surface area contributed by atoms with Crippen LogP contribution in [0.25, 0.3) is 0 Å². The Bertz CT molecular complexity index is 745. The highest BCUT2D eigenvalue weighted by Crippen LogP contribution is 2.15. The molecule has 0 atom stereocenters. The van der Waals surface area contributed by atoms with E-state index in [0.29, 0.717) is 17.4 Å². The van der Waals surface area contributed by atoms with Gasteiger partial charge in [-0.2, -0.15) is 0 Å². The number of ketones is 1. The molecule has 120 valence electrons. The third-order valence-corrected chi connectivity index (χ3v) is 3.10. The van der Waals surface area contributed by atoms with Gasteiger partial charge in [0, 0.05) is 5.56 Å². The molecule has 0 aliphatic carbocycles. The molecule has 0 unspecified atom stereocenters. The molecule has 2 rings (SSSR count). The third-order valence-electron chi connectivity index (χ3n) is 3.10. The summed E-state index contributed by atoms with van der Waals surface area (Å²) in [5.41, 5.74) is -0.358. The fraction of sp³-hybridized carbons (Fsp3) is 0.125. The van der Waals surface area contributed by atoms with Crippen LogP contribution in [0.5, 0.6) is 5.75 Å². The predicted octanol–water partition coefficient (Wildman–Crippen LogP) is 2.73. The van der Waals surface area contributed by atoms with Crippen LogP contribution in [-0.4, -0.2) is 25.3 Å². The van der Waals surface area contributed by atoms with Crippen LogP contribution in [0.15, 0.2) is 36.4 Å². The van der Waals surface area contributed by atoms with Crippen LogP contribution in [0.4, 0.5) is 13.2 Å². The molecule has 0 heterocycles. The monoisotopic (exact) mass is 323 g/mol. The lowest BCUT2D eigenvalue weighted by Gasteiger charge is -2.07. The van der Waals surface area contributed by atoms with E-state index in [-0.39, 0.29) is 0 Å². The van der Waals surface area contributed by atoms with Crippen molar-refractivity contribution in [2.75, 3.05) is 13.7 Å². The first kappa shape index (κ1) is 16.5. The second-order valence-electron chi connectivity index (χ2n) is 4.56. The van der Waals surface area contributed by atoms with E-state index in [1.54, 1.807) is 12.1 Å². The SMILES string of the molecule is COc1ccc(C(=O)CNC(=O)c2ccc(F)c(F)c2F)cc1. The molecule has 0 bridgehead atoms. The number of methoxy groups -OCH3 is 1. The Morgan fingerprint density at radius 2 is 1.65 bits per heavy atom. The van der Waals surface area contributed by atoms with Crippen molar-refractivity contribution < 1.29 is 27.5 Å². The fourth-order valence-electron chi connectivity index (χ4n) is 1.84. The molecule has 0 fully saturated rings. The molecular formula is C16H12F3NO3. The maximum atomic E-state index is 13.5. The topological polar surface area (TPSA) is 55.4 Å². The van der Waals surface area contributed by atoms with E-state index in [4.69, 9.17) is 4.74 Å². The highest BCUT2D eigenvalue weighted by molar-refractivity contribution is 6.02. The van der Waals surface area contributed by atoms with Gasteiger partial charge in [-0.3, -0.25) is 9.59 Å². The average molecular weight is 323 g/mol. The van der Waals surface area contributed by atoms with Gasteiger partial charge < -0.3 is 10.1 Å². The molecule has 1 N–H and O–H groups in total. The zero-order chi connectivity index (χ0) is 17.0. The van der Waals surface area contributed by atoms with Crippen LogP contribution in [0, 0.1) is 17.5 Å². The van der Waals surface area contributed by atoms with Crippen LogP contribution in [0.3, 0.4) is 0 Å². The standard InChI is InChI=1S/C16H12F3NO3/c1-23-10-4-2-9(3-5-10)13(21)8-20-16(22)11-6-7-12(17)15(19)14(11)18/h2-7H,8H2,1H3,(H,20,22). The summed E-state index contributed by atoms with van der Waals surface area (Å²) in [5.74, 6) is -5.60. The lowest BCUT2D eigenvalue weighted by molar-refractivity contribution is 0.0900. The van der Waals surface area contributed by atoms with E-state index in [2.05, 4.69) is 5.32 Å². The number of hydrogen-bond acceptors (Lipinski definition) is 3. The minimum atomic E-state index is -1.74. The van der Waals surface area contributed by atoms with Gasteiger partial charge in [0.25, 0.3) is 5.91 Å². The quantitative estimate of drug-likeness (QED) is 0.680. The first-order chi connectivity index (χ1) is 10.9. The van der Waals surface area contributed by atoms with Crippen LogP contribution in [0.1, 0.15) is 20.7 Å². The highest BCUT2D eigenvalue weighted by Gasteiger charge is 2.19. The number of ether oxygens (including phenoxy) is 1. The Kier molecular flexibility index (Phi) is 5.00. The first-order valence-electron chi connectivity index (χ1n) is 6.53. The van der Waals surface area contributed by atoms with Gasteiger partial charge in [-0.15, -0.1) is 0 Å². The van der Waals surface area contributed by atoms with Gasteiger partial charge in [-0.25, -0.2) is 13.2 Å². The van der Waals surface area contributed by atoms with E-state index in [0.717, 1.165) is 6.07 Å². The minimum Gasteiger partial charge on any atom is -0.497 e. The molecular weight excluding hydrogens is 311 g/mol. The molecule has 7 heteroatoms. The van der Waals surface area contributed by atoms with E-state index in [9.17, 15) is 22.8 Å². The van der Waals surface area contributed by atoms with Gasteiger partial charge >= 0.3 is 0 Å². The van der Waals surface area contributed by atoms with Gasteiger partial charge in [-0.05, 0) is 36.4 Å². The molecule has 4 nitrogen and oxygen atoms in total. The Hall–Kier alpha value is -2.83. The largest absolute Gasteiger partial charge is 0.497 e. The van der Waals surface area contributed by atoms with Gasteiger partial charge in [0.2, 0.25) is 0 Å². The molecule has 1 amide bonds. The molecule has 0 spiro atoms. The van der Waals surface area contributed by atoms with Crippen molar-refractivity contribution in [3.05, 3.63) is 65.0 Å². The summed E-state index contributed by atoms with van der Waals surface area (Å²) in [5, 5.41) is 2.16. The van der Waals surface area contributed by atoms with Gasteiger partial charge in [0.1, 0.15) is 5.75 Å². The summed E-state index contributed by atoms with van der Waals surface area (Å²) in [6, 6.07) is 7.60. The van der Waals surface area contributed by atoms with E-state index in [1.807, 2.05) is 0 Å². The van der Waals surface area contributed by atoms with Crippen LogP contribution in [0.2, 0.25) is 0 Å². The van der Waals surface area contributed by atoms with Crippen molar-refractivity contribution in [1.29, 1.82) is 0 Å². The molecule has 0 aliphatic rings. The third kappa shape index (κ3) is 3.68. The van der Waals surface area contributed by atoms with Gasteiger partial charge in [-0.1, -0.05) is 0 Å². The number of amides is 1. The first-order valence-corrected chi connectivity index (χ1v) is 6.53. The zero-order valence-electron chi connectivity index (χ0n) is 12.0. The molecule has 2 aromatic rings. The number of nitrogens with one attached hydrogen (secondary N) is 1. The van der Waals surface area contributed by atoms with E-state index < -0.39 is 41.3 Å². The van der Waals surface area contributed by atoms with Crippen molar-refractivity contribution in [3.8, 4) is 5.75 Å². The Morgan fingerprint density at radius 1 is 1.00 bits per heavy atom. The summed E-state index contributed by atoms with van der Waals surface area (Å²) in [6.07, 6.45) is 0. The van der Waals surface area contributed by atoms with Crippen molar-refractivity contribution in [3.63, 3.8) is 0 Å². The average Bonchev–Trinajstić information content (AvgIpc) is 2.57. The normalized spacial score (nSPS) is 10.3. The van der Waals surface area contributed by atoms with Crippen molar-refractivity contribution in [2.24, 2.45) is 0 Å². The molecule has 0 saturated carbocycles. The smallest absolute Gasteiger partial charge is 0.254 e. The Labute approximate surface area is 129 Å². The number of hydrogen-bond donors (Lipinski definition) is 1. The van der Waals surface area contributed by atoms with Gasteiger partial charge in [0.05, 0.1) is 19.2 Å². The summed E-state index contributed by atoms with van der Waals surface area (Å²) >= 11 is 0. The lowest BCUT2D eigenvalue weighted by atomic mass is 10.1. The maximum Gasteiger partial charge on any atom is 0.254 e. The number of carbonyl (C=O) groups excluding carboxylic acids is 2. The summed E-state index contributed by atoms with van der Waals surface area (Å²) < 4.78 is 44.3. The zero-order valence-corrected chi connectivity index (χ0v) is 12.0. The van der Waals surface area contributed by atoms with E-state index in [1.165, 1.54) is 19.2 Å². The number of carbonyl (C=O) groups is 2. The Morgan fingerprint density at radius 3 is 2.26 bits per heavy atom. The van der Waals surface area contributed by atoms with Crippen LogP contribution >= 0.6 is 0 Å². The minimum absolute atomic E-state index is 0.317. The van der Waals surface area contributed by atoms with Crippen molar-refractivity contribution in [2.45, 2.75) is 0 Å². The second kappa shape index (κ2) is 6.95. The second-order valence-corrected chi connectivity index (χ2v) is 4.56. The summed E-state index contributed by atoms with van der Waals surface area (Å²) in [7, 11) is 1.48. The lowest BCUT2D eigenvalue weighted by Crippen LogP contribution is -2.30. The molecule has 0 radical (unpaired) electrons. The number of benzene rings is 2. The molecule has 0 aliphatic heterocycles. The molecule has 0 saturated heterocycles. The van der Waals surface area contributed by atoms with Crippen LogP contribution in [-0.2, 0) is 0 Å². The number of rotatable bonds is 5. The molecule has 23 heavy (non-hydrogen) atoms.